The molecule has 0 atom stereocenters. The van der Waals surface area contributed by atoms with E-state index in [9.17, 15) is 8.42 Å². The Balaban J connectivity index is 2.59. The topological polar surface area (TPSA) is 50.3 Å². The van der Waals surface area contributed by atoms with Crippen LogP contribution >= 0.6 is 11.6 Å². The van der Waals surface area contributed by atoms with Crippen LogP contribution in [0.3, 0.4) is 0 Å². The van der Waals surface area contributed by atoms with Crippen molar-refractivity contribution >= 4 is 26.3 Å². The largest absolute Gasteiger partial charge is 0.382 e. The summed E-state index contributed by atoms with van der Waals surface area (Å²) in [6.07, 6.45) is 3.02. The van der Waals surface area contributed by atoms with Crippen molar-refractivity contribution in [2.45, 2.75) is 4.90 Å². The Labute approximate surface area is 129 Å². The molecule has 21 heavy (non-hydrogen) atoms. The molecule has 6 heteroatoms. The van der Waals surface area contributed by atoms with Gasteiger partial charge in [-0.1, -0.05) is 29.8 Å². The first-order chi connectivity index (χ1) is 9.91. The maximum Gasteiger partial charge on any atom is 0.208 e. The van der Waals surface area contributed by atoms with Crippen molar-refractivity contribution in [1.82, 2.24) is 9.88 Å². The summed E-state index contributed by atoms with van der Waals surface area (Å²) in [4.78, 5) is 6.07. The summed E-state index contributed by atoms with van der Waals surface area (Å²) < 4.78 is 25.6. The second-order valence-corrected chi connectivity index (χ2v) is 6.95. The second kappa shape index (κ2) is 6.28. The van der Waals surface area contributed by atoms with Crippen molar-refractivity contribution in [1.29, 1.82) is 0 Å². The van der Waals surface area contributed by atoms with Gasteiger partial charge in [0.2, 0.25) is 9.84 Å². The van der Waals surface area contributed by atoms with Crippen LogP contribution in [0, 0.1) is 0 Å². The van der Waals surface area contributed by atoms with E-state index in [0.717, 1.165) is 0 Å². The lowest BCUT2D eigenvalue weighted by Gasteiger charge is -2.13. The summed E-state index contributed by atoms with van der Waals surface area (Å²) in [6, 6.07) is 11.5. The van der Waals surface area contributed by atoms with Gasteiger partial charge in [-0.25, -0.2) is 13.4 Å². The highest BCUT2D eigenvalue weighted by Gasteiger charge is 2.22. The molecule has 110 valence electrons. The van der Waals surface area contributed by atoms with Gasteiger partial charge in [-0.15, -0.1) is 0 Å². The first kappa shape index (κ1) is 15.5. The molecule has 0 fully saturated rings. The van der Waals surface area contributed by atoms with Crippen LogP contribution in [0.4, 0.5) is 0 Å². The Morgan fingerprint density at radius 3 is 2.33 bits per heavy atom. The predicted octanol–water partition coefficient (Wildman–Crippen LogP) is 3.07. The number of aromatic nitrogens is 1. The van der Waals surface area contributed by atoms with E-state index < -0.39 is 9.84 Å². The molecule has 0 aliphatic heterocycles. The van der Waals surface area contributed by atoms with Crippen LogP contribution in [-0.2, 0) is 9.84 Å². The van der Waals surface area contributed by atoms with E-state index in [4.69, 9.17) is 11.6 Å². The average Bonchev–Trinajstić information content (AvgIpc) is 2.46. The summed E-state index contributed by atoms with van der Waals surface area (Å²) >= 11 is 5.76. The average molecular weight is 323 g/mol. The van der Waals surface area contributed by atoms with Gasteiger partial charge in [0, 0.05) is 32.1 Å². The van der Waals surface area contributed by atoms with Crippen molar-refractivity contribution in [2.75, 3.05) is 14.1 Å². The third-order valence-corrected chi connectivity index (χ3v) is 4.77. The molecule has 0 aliphatic carbocycles. The van der Waals surface area contributed by atoms with Crippen molar-refractivity contribution < 1.29 is 8.42 Å². The van der Waals surface area contributed by atoms with Gasteiger partial charge in [0.15, 0.2) is 0 Å². The minimum atomic E-state index is -3.63. The molecule has 1 heterocycles. The maximum atomic E-state index is 12.8. The zero-order valence-electron chi connectivity index (χ0n) is 11.7. The molecule has 4 nitrogen and oxygen atoms in total. The molecular formula is C15H15ClN2O2S. The second-order valence-electron chi connectivity index (χ2n) is 4.64. The van der Waals surface area contributed by atoms with Gasteiger partial charge in [-0.05, 0) is 24.3 Å². The fraction of sp³-hybridized carbons (Fsp3) is 0.133. The summed E-state index contributed by atoms with van der Waals surface area (Å²) in [5.41, 5.74) is 0.497. The van der Waals surface area contributed by atoms with Crippen LogP contribution in [0.15, 0.2) is 59.8 Å². The lowest BCUT2D eigenvalue weighted by Crippen LogP contribution is -2.10. The summed E-state index contributed by atoms with van der Waals surface area (Å²) in [5, 5.41) is 0.320. The fourth-order valence-corrected chi connectivity index (χ4v) is 3.44. The molecule has 0 N–H and O–H groups in total. The van der Waals surface area contributed by atoms with E-state index in [1.54, 1.807) is 67.7 Å². The summed E-state index contributed by atoms with van der Waals surface area (Å²) in [5.74, 6) is 0. The maximum absolute atomic E-state index is 12.8. The molecular weight excluding hydrogens is 308 g/mol. The summed E-state index contributed by atoms with van der Waals surface area (Å²) in [6.45, 7) is 0. The molecule has 1 aromatic carbocycles. The van der Waals surface area contributed by atoms with Crippen molar-refractivity contribution in [3.63, 3.8) is 0 Å². The van der Waals surface area contributed by atoms with Crippen molar-refractivity contribution in [3.05, 3.63) is 65.6 Å². The number of benzene rings is 1. The number of halogens is 1. The molecule has 2 aromatic rings. The molecule has 2 rings (SSSR count). The van der Waals surface area contributed by atoms with Crippen molar-refractivity contribution in [2.24, 2.45) is 0 Å². The number of hydrogen-bond acceptors (Lipinski definition) is 4. The van der Waals surface area contributed by atoms with Crippen molar-refractivity contribution in [3.8, 4) is 0 Å². The fourth-order valence-electron chi connectivity index (χ4n) is 1.78. The SMILES string of the molecule is CN(C)C=C(c1ccc(Cl)nc1)S(=O)(=O)c1ccccc1. The number of nitrogens with zero attached hydrogens (tertiary/aromatic N) is 2. The smallest absolute Gasteiger partial charge is 0.208 e. The quantitative estimate of drug-likeness (QED) is 0.812. The number of pyridine rings is 1. The monoisotopic (exact) mass is 322 g/mol. The van der Waals surface area contributed by atoms with Gasteiger partial charge in [0.1, 0.15) is 5.15 Å². The molecule has 0 saturated heterocycles. The summed E-state index contributed by atoms with van der Waals surface area (Å²) in [7, 11) is -0.0902. The first-order valence-corrected chi connectivity index (χ1v) is 8.07. The van der Waals surface area contributed by atoms with Crippen LogP contribution in [0.25, 0.3) is 4.91 Å². The number of sulfone groups is 1. The molecule has 1 aromatic heterocycles. The molecule has 0 unspecified atom stereocenters. The van der Waals surface area contributed by atoms with Gasteiger partial charge in [0.05, 0.1) is 9.80 Å². The highest BCUT2D eigenvalue weighted by Crippen LogP contribution is 2.28. The highest BCUT2D eigenvalue weighted by molar-refractivity contribution is 8.00. The Hall–Kier alpha value is -1.85. The molecule has 0 spiro atoms. The van der Waals surface area contributed by atoms with Crippen LogP contribution in [-0.4, -0.2) is 32.4 Å². The van der Waals surface area contributed by atoms with Gasteiger partial charge in [-0.3, -0.25) is 0 Å². The standard InChI is InChI=1S/C15H15ClN2O2S/c1-18(2)11-14(12-8-9-15(16)17-10-12)21(19,20)13-6-4-3-5-7-13/h3-11H,1-2H3. The van der Waals surface area contributed by atoms with Crippen LogP contribution in [0.1, 0.15) is 5.56 Å². The molecule has 0 saturated carbocycles. The Bertz CT molecular complexity index is 739. The Morgan fingerprint density at radius 1 is 1.14 bits per heavy atom. The predicted molar refractivity (Wildman–Crippen MR) is 84.5 cm³/mol. The lowest BCUT2D eigenvalue weighted by molar-refractivity contribution is 0.564. The van der Waals surface area contributed by atoms with Gasteiger partial charge >= 0.3 is 0 Å². The highest BCUT2D eigenvalue weighted by atomic mass is 35.5. The van der Waals surface area contributed by atoms with E-state index >= 15 is 0 Å². The van der Waals surface area contributed by atoms with Gasteiger partial charge < -0.3 is 4.90 Å². The number of hydrogen-bond donors (Lipinski definition) is 0. The van der Waals surface area contributed by atoms with E-state index in [-0.39, 0.29) is 9.80 Å². The van der Waals surface area contributed by atoms with E-state index in [0.29, 0.717) is 10.7 Å². The van der Waals surface area contributed by atoms with Gasteiger partial charge in [-0.2, -0.15) is 0 Å². The zero-order chi connectivity index (χ0) is 15.5. The number of rotatable bonds is 4. The third kappa shape index (κ3) is 3.62. The van der Waals surface area contributed by atoms with E-state index in [1.807, 2.05) is 0 Å². The van der Waals surface area contributed by atoms with Crippen LogP contribution in [0.5, 0.6) is 0 Å². The molecule has 0 aliphatic rings. The van der Waals surface area contributed by atoms with Gasteiger partial charge in [0.25, 0.3) is 0 Å². The minimum absolute atomic E-state index is 0.183. The van der Waals surface area contributed by atoms with Crippen LogP contribution in [0.2, 0.25) is 5.15 Å². The van der Waals surface area contributed by atoms with E-state index in [1.165, 1.54) is 6.20 Å². The third-order valence-electron chi connectivity index (χ3n) is 2.73. The van der Waals surface area contributed by atoms with Crippen LogP contribution < -0.4 is 0 Å². The lowest BCUT2D eigenvalue weighted by atomic mass is 10.3. The Morgan fingerprint density at radius 2 is 1.81 bits per heavy atom. The molecule has 0 radical (unpaired) electrons. The molecule has 0 bridgehead atoms. The minimum Gasteiger partial charge on any atom is -0.382 e. The first-order valence-electron chi connectivity index (χ1n) is 6.21. The normalized spacial score (nSPS) is 12.2. The van der Waals surface area contributed by atoms with E-state index in [2.05, 4.69) is 4.98 Å². The zero-order valence-corrected chi connectivity index (χ0v) is 13.3. The Kier molecular flexibility index (Phi) is 4.65. The molecule has 0 amide bonds.